The Kier molecular flexibility index (Phi) is 2.37. The van der Waals surface area contributed by atoms with Crippen LogP contribution >= 0.6 is 0 Å². The minimum absolute atomic E-state index is 0.0959. The number of aromatic nitrogens is 1. The third kappa shape index (κ3) is 2.14. The Morgan fingerprint density at radius 3 is 2.87 bits per heavy atom. The van der Waals surface area contributed by atoms with Gasteiger partial charge in [-0.05, 0) is 18.2 Å². The van der Waals surface area contributed by atoms with Crippen LogP contribution < -0.4 is 5.32 Å². The summed E-state index contributed by atoms with van der Waals surface area (Å²) >= 11 is 0. The lowest BCUT2D eigenvalue weighted by Gasteiger charge is -2.00. The lowest BCUT2D eigenvalue weighted by atomic mass is 10.4. The minimum Gasteiger partial charge on any atom is -0.475 e. The highest BCUT2D eigenvalue weighted by Crippen LogP contribution is 2.18. The molecule has 0 aliphatic rings. The molecule has 0 aromatic carbocycles. The molecule has 0 spiro atoms. The van der Waals surface area contributed by atoms with E-state index in [9.17, 15) is 4.79 Å². The number of pyridine rings is 1. The van der Waals surface area contributed by atoms with Gasteiger partial charge in [-0.1, -0.05) is 0 Å². The number of furan rings is 1. The number of aromatic carboxylic acids is 1. The number of rotatable bonds is 3. The standard InChI is InChI=1S/C10H8N2O3/c13-10(14)8-3-4-9(15-8)12-7-2-1-5-11-6-7/h1-6,12H,(H,13,14). The van der Waals surface area contributed by atoms with Crippen LogP contribution in [0.4, 0.5) is 11.6 Å². The summed E-state index contributed by atoms with van der Waals surface area (Å²) in [7, 11) is 0. The van der Waals surface area contributed by atoms with Crippen molar-refractivity contribution in [3.63, 3.8) is 0 Å². The fourth-order valence-corrected chi connectivity index (χ4v) is 1.10. The van der Waals surface area contributed by atoms with Crippen molar-refractivity contribution in [3.05, 3.63) is 42.4 Å². The van der Waals surface area contributed by atoms with Crippen molar-refractivity contribution in [3.8, 4) is 0 Å². The van der Waals surface area contributed by atoms with Gasteiger partial charge in [-0.2, -0.15) is 0 Å². The minimum atomic E-state index is -1.09. The number of hydrogen-bond donors (Lipinski definition) is 2. The normalized spacial score (nSPS) is 9.87. The fourth-order valence-electron chi connectivity index (χ4n) is 1.10. The van der Waals surface area contributed by atoms with Crippen molar-refractivity contribution in [2.24, 2.45) is 0 Å². The lowest BCUT2D eigenvalue weighted by Crippen LogP contribution is -1.92. The quantitative estimate of drug-likeness (QED) is 0.800. The molecule has 0 atom stereocenters. The van der Waals surface area contributed by atoms with Crippen LogP contribution in [-0.2, 0) is 0 Å². The molecule has 2 aromatic rings. The zero-order chi connectivity index (χ0) is 10.7. The Bertz CT molecular complexity index is 465. The topological polar surface area (TPSA) is 75.4 Å². The summed E-state index contributed by atoms with van der Waals surface area (Å²) in [6.45, 7) is 0. The Morgan fingerprint density at radius 1 is 1.40 bits per heavy atom. The number of nitrogens with zero attached hydrogens (tertiary/aromatic N) is 1. The molecule has 0 radical (unpaired) electrons. The SMILES string of the molecule is O=C(O)c1ccc(Nc2cccnc2)o1. The molecule has 0 saturated heterocycles. The van der Waals surface area contributed by atoms with E-state index in [1.807, 2.05) is 0 Å². The highest BCUT2D eigenvalue weighted by Gasteiger charge is 2.08. The van der Waals surface area contributed by atoms with Gasteiger partial charge in [0, 0.05) is 12.3 Å². The smallest absolute Gasteiger partial charge is 0.371 e. The summed E-state index contributed by atoms with van der Waals surface area (Å²) in [6, 6.07) is 6.51. The molecule has 0 aliphatic carbocycles. The largest absolute Gasteiger partial charge is 0.475 e. The van der Waals surface area contributed by atoms with Crippen LogP contribution in [0.25, 0.3) is 0 Å². The van der Waals surface area contributed by atoms with Crippen LogP contribution in [0.3, 0.4) is 0 Å². The van der Waals surface area contributed by atoms with Crippen LogP contribution in [0.2, 0.25) is 0 Å². The van der Waals surface area contributed by atoms with Crippen molar-refractivity contribution in [1.29, 1.82) is 0 Å². The van der Waals surface area contributed by atoms with Crippen LogP contribution in [0, 0.1) is 0 Å². The molecule has 0 aliphatic heterocycles. The number of carboxylic acid groups (broad SMARTS) is 1. The molecule has 76 valence electrons. The van der Waals surface area contributed by atoms with Gasteiger partial charge in [0.05, 0.1) is 11.9 Å². The van der Waals surface area contributed by atoms with Crippen molar-refractivity contribution < 1.29 is 14.3 Å². The van der Waals surface area contributed by atoms with Gasteiger partial charge in [-0.3, -0.25) is 4.98 Å². The highest BCUT2D eigenvalue weighted by molar-refractivity contribution is 5.85. The first-order chi connectivity index (χ1) is 7.25. The first-order valence-electron chi connectivity index (χ1n) is 4.26. The van der Waals surface area contributed by atoms with Gasteiger partial charge in [0.15, 0.2) is 5.88 Å². The van der Waals surface area contributed by atoms with E-state index in [4.69, 9.17) is 9.52 Å². The number of anilines is 2. The molecule has 0 amide bonds. The van der Waals surface area contributed by atoms with Gasteiger partial charge in [0.25, 0.3) is 0 Å². The van der Waals surface area contributed by atoms with Gasteiger partial charge in [0.2, 0.25) is 5.76 Å². The second kappa shape index (κ2) is 3.83. The zero-order valence-electron chi connectivity index (χ0n) is 7.68. The Balaban J connectivity index is 2.15. The average molecular weight is 204 g/mol. The average Bonchev–Trinajstić information content (AvgIpc) is 2.68. The maximum Gasteiger partial charge on any atom is 0.371 e. The molecule has 0 unspecified atom stereocenters. The summed E-state index contributed by atoms with van der Waals surface area (Å²) < 4.78 is 5.01. The van der Waals surface area contributed by atoms with Gasteiger partial charge < -0.3 is 14.8 Å². The van der Waals surface area contributed by atoms with Crippen molar-refractivity contribution in [1.82, 2.24) is 4.98 Å². The Hall–Kier alpha value is -2.30. The van der Waals surface area contributed by atoms with Crippen molar-refractivity contribution in [2.45, 2.75) is 0 Å². The molecule has 0 saturated carbocycles. The molecule has 0 bridgehead atoms. The second-order valence-corrected chi connectivity index (χ2v) is 2.84. The van der Waals surface area contributed by atoms with Crippen molar-refractivity contribution >= 4 is 17.5 Å². The number of carbonyl (C=O) groups is 1. The van der Waals surface area contributed by atoms with Crippen LogP contribution in [0.1, 0.15) is 10.6 Å². The summed E-state index contributed by atoms with van der Waals surface area (Å²) in [5.41, 5.74) is 0.740. The zero-order valence-corrected chi connectivity index (χ0v) is 7.68. The van der Waals surface area contributed by atoms with Gasteiger partial charge in [-0.15, -0.1) is 0 Å². The second-order valence-electron chi connectivity index (χ2n) is 2.84. The third-order valence-electron chi connectivity index (χ3n) is 1.75. The maximum absolute atomic E-state index is 10.5. The summed E-state index contributed by atoms with van der Waals surface area (Å²) in [6.07, 6.45) is 3.26. The summed E-state index contributed by atoms with van der Waals surface area (Å²) in [4.78, 5) is 14.4. The maximum atomic E-state index is 10.5. The van der Waals surface area contributed by atoms with Crippen LogP contribution in [-0.4, -0.2) is 16.1 Å². The van der Waals surface area contributed by atoms with E-state index in [2.05, 4.69) is 10.3 Å². The predicted molar refractivity (Wildman–Crippen MR) is 53.2 cm³/mol. The lowest BCUT2D eigenvalue weighted by molar-refractivity contribution is 0.0663. The predicted octanol–water partition coefficient (Wildman–Crippen LogP) is 2.12. The highest BCUT2D eigenvalue weighted by atomic mass is 16.4. The van der Waals surface area contributed by atoms with Crippen LogP contribution in [0.5, 0.6) is 0 Å². The molecule has 15 heavy (non-hydrogen) atoms. The molecular formula is C10H8N2O3. The molecule has 2 N–H and O–H groups in total. The van der Waals surface area contributed by atoms with E-state index in [1.54, 1.807) is 30.6 Å². The van der Waals surface area contributed by atoms with Gasteiger partial charge >= 0.3 is 5.97 Å². The van der Waals surface area contributed by atoms with E-state index >= 15 is 0 Å². The van der Waals surface area contributed by atoms with Crippen molar-refractivity contribution in [2.75, 3.05) is 5.32 Å². The van der Waals surface area contributed by atoms with E-state index in [0.29, 0.717) is 5.88 Å². The Labute approximate surface area is 85.4 Å². The fraction of sp³-hybridized carbons (Fsp3) is 0. The molecule has 5 nitrogen and oxygen atoms in total. The van der Waals surface area contributed by atoms with Gasteiger partial charge in [-0.25, -0.2) is 4.79 Å². The van der Waals surface area contributed by atoms with E-state index < -0.39 is 5.97 Å². The van der Waals surface area contributed by atoms with Gasteiger partial charge in [0.1, 0.15) is 0 Å². The first-order valence-corrected chi connectivity index (χ1v) is 4.26. The number of nitrogens with one attached hydrogen (secondary N) is 1. The van der Waals surface area contributed by atoms with E-state index in [1.165, 1.54) is 6.07 Å². The molecule has 2 aromatic heterocycles. The number of carboxylic acids is 1. The molecule has 2 heterocycles. The van der Waals surface area contributed by atoms with E-state index in [-0.39, 0.29) is 5.76 Å². The monoisotopic (exact) mass is 204 g/mol. The third-order valence-corrected chi connectivity index (χ3v) is 1.75. The molecule has 0 fully saturated rings. The van der Waals surface area contributed by atoms with E-state index in [0.717, 1.165) is 5.69 Å². The molecular weight excluding hydrogens is 196 g/mol. The number of hydrogen-bond acceptors (Lipinski definition) is 4. The molecule has 5 heteroatoms. The summed E-state index contributed by atoms with van der Waals surface area (Å²) in [5.74, 6) is -0.809. The first kappa shape index (κ1) is 9.26. The van der Waals surface area contributed by atoms with Crippen LogP contribution in [0.15, 0.2) is 41.1 Å². The molecule has 2 rings (SSSR count). The Morgan fingerprint density at radius 2 is 2.27 bits per heavy atom. The summed E-state index contributed by atoms with van der Waals surface area (Å²) in [5, 5.41) is 11.5.